The van der Waals surface area contributed by atoms with E-state index in [4.69, 9.17) is 4.42 Å². The molecule has 0 saturated carbocycles. The van der Waals surface area contributed by atoms with Crippen LogP contribution in [0.3, 0.4) is 0 Å². The van der Waals surface area contributed by atoms with Crippen LogP contribution in [0.15, 0.2) is 52.5 Å². The summed E-state index contributed by atoms with van der Waals surface area (Å²) in [6.45, 7) is 3.19. The highest BCUT2D eigenvalue weighted by Gasteiger charge is 2.14. The fourth-order valence-corrected chi connectivity index (χ4v) is 3.74. The molecule has 1 amide bonds. The number of aromatic nitrogens is 1. The minimum atomic E-state index is -0.136. The zero-order valence-corrected chi connectivity index (χ0v) is 14.6. The quantitative estimate of drug-likeness (QED) is 0.745. The number of amides is 1. The van der Waals surface area contributed by atoms with Gasteiger partial charge in [-0.05, 0) is 55.8 Å². The van der Waals surface area contributed by atoms with Crippen molar-refractivity contribution in [1.82, 2.24) is 9.88 Å². The number of hydrogen-bond donors (Lipinski definition) is 1. The summed E-state index contributed by atoms with van der Waals surface area (Å²) in [7, 11) is 0. The number of thiazole rings is 1. The fraction of sp³-hybridized carbons (Fsp3) is 0.263. The summed E-state index contributed by atoms with van der Waals surface area (Å²) in [6.07, 6.45) is 4.14. The van der Waals surface area contributed by atoms with E-state index >= 15 is 0 Å². The molecule has 2 aromatic heterocycles. The van der Waals surface area contributed by atoms with E-state index in [1.54, 1.807) is 6.26 Å². The van der Waals surface area contributed by atoms with E-state index < -0.39 is 0 Å². The topological polar surface area (TPSA) is 58.4 Å². The van der Waals surface area contributed by atoms with Crippen molar-refractivity contribution in [3.8, 4) is 11.5 Å². The van der Waals surface area contributed by atoms with Gasteiger partial charge in [0.2, 0.25) is 0 Å². The Morgan fingerprint density at radius 1 is 1.24 bits per heavy atom. The van der Waals surface area contributed by atoms with Crippen LogP contribution in [0.2, 0.25) is 0 Å². The first-order valence-electron chi connectivity index (χ1n) is 8.40. The number of nitrogens with one attached hydrogen (secondary N) is 1. The maximum absolute atomic E-state index is 12.5. The second-order valence-corrected chi connectivity index (χ2v) is 7.01. The van der Waals surface area contributed by atoms with Gasteiger partial charge in [0.25, 0.3) is 5.91 Å². The van der Waals surface area contributed by atoms with Crippen molar-refractivity contribution in [2.45, 2.75) is 19.4 Å². The van der Waals surface area contributed by atoms with Crippen LogP contribution in [0.4, 0.5) is 5.13 Å². The summed E-state index contributed by atoms with van der Waals surface area (Å²) >= 11 is 1.39. The zero-order chi connectivity index (χ0) is 17.1. The smallest absolute Gasteiger partial charge is 0.257 e. The Hall–Kier alpha value is -2.44. The molecule has 0 atom stereocenters. The molecule has 1 aliphatic heterocycles. The monoisotopic (exact) mass is 353 g/mol. The standard InChI is InChI=1S/C19H19N3O2S/c23-18(21-19-20-16(13-25-19)17-7-4-10-24-17)15-6-3-5-14(11-15)12-22-8-1-2-9-22/h3-7,10-11,13H,1-2,8-9,12H2,(H,20,21,23). The molecular weight excluding hydrogens is 334 g/mol. The lowest BCUT2D eigenvalue weighted by Crippen LogP contribution is -2.19. The number of likely N-dealkylation sites (tertiary alicyclic amines) is 1. The van der Waals surface area contributed by atoms with E-state index in [9.17, 15) is 4.79 Å². The predicted octanol–water partition coefficient (Wildman–Crippen LogP) is 4.25. The molecule has 6 heteroatoms. The van der Waals surface area contributed by atoms with Gasteiger partial charge in [-0.25, -0.2) is 4.98 Å². The molecule has 1 fully saturated rings. The molecule has 25 heavy (non-hydrogen) atoms. The molecule has 0 spiro atoms. The fourth-order valence-electron chi connectivity index (χ4n) is 3.05. The van der Waals surface area contributed by atoms with Crippen LogP contribution in [0.1, 0.15) is 28.8 Å². The molecule has 0 aliphatic carbocycles. The zero-order valence-electron chi connectivity index (χ0n) is 13.8. The van der Waals surface area contributed by atoms with Crippen LogP contribution in [0, 0.1) is 0 Å². The number of nitrogens with zero attached hydrogens (tertiary/aromatic N) is 2. The minimum absolute atomic E-state index is 0.136. The maximum Gasteiger partial charge on any atom is 0.257 e. The van der Waals surface area contributed by atoms with Crippen molar-refractivity contribution < 1.29 is 9.21 Å². The summed E-state index contributed by atoms with van der Waals surface area (Å²) < 4.78 is 5.33. The van der Waals surface area contributed by atoms with Crippen molar-refractivity contribution in [2.24, 2.45) is 0 Å². The second kappa shape index (κ2) is 7.21. The average Bonchev–Trinajstić information content (AvgIpc) is 3.37. The third-order valence-electron chi connectivity index (χ3n) is 4.29. The van der Waals surface area contributed by atoms with Crippen LogP contribution in [-0.4, -0.2) is 28.9 Å². The van der Waals surface area contributed by atoms with Crippen molar-refractivity contribution in [2.75, 3.05) is 18.4 Å². The number of furan rings is 1. The number of carbonyl (C=O) groups is 1. The third-order valence-corrected chi connectivity index (χ3v) is 5.05. The van der Waals surface area contributed by atoms with Gasteiger partial charge in [-0.2, -0.15) is 0 Å². The molecule has 0 bridgehead atoms. The lowest BCUT2D eigenvalue weighted by Gasteiger charge is -2.14. The Balaban J connectivity index is 1.44. The molecule has 1 saturated heterocycles. The van der Waals surface area contributed by atoms with Crippen molar-refractivity contribution in [1.29, 1.82) is 0 Å². The van der Waals surface area contributed by atoms with Crippen LogP contribution >= 0.6 is 11.3 Å². The first-order chi connectivity index (χ1) is 12.3. The van der Waals surface area contributed by atoms with Gasteiger partial charge >= 0.3 is 0 Å². The first kappa shape index (κ1) is 16.1. The van der Waals surface area contributed by atoms with E-state index in [1.165, 1.54) is 29.7 Å². The summed E-state index contributed by atoms with van der Waals surface area (Å²) in [6, 6.07) is 11.5. The Kier molecular flexibility index (Phi) is 4.63. The highest BCUT2D eigenvalue weighted by atomic mass is 32.1. The average molecular weight is 353 g/mol. The highest BCUT2D eigenvalue weighted by molar-refractivity contribution is 7.14. The second-order valence-electron chi connectivity index (χ2n) is 6.15. The number of carbonyl (C=O) groups excluding carboxylic acids is 1. The normalized spacial score (nSPS) is 14.7. The Bertz CT molecular complexity index is 851. The lowest BCUT2D eigenvalue weighted by molar-refractivity contribution is 0.102. The van der Waals surface area contributed by atoms with Crippen molar-refractivity contribution in [3.05, 3.63) is 59.2 Å². The molecular formula is C19H19N3O2S. The molecule has 0 radical (unpaired) electrons. The molecule has 3 aromatic rings. The Morgan fingerprint density at radius 2 is 2.12 bits per heavy atom. The van der Waals surface area contributed by atoms with Crippen LogP contribution in [0.25, 0.3) is 11.5 Å². The van der Waals surface area contributed by atoms with Crippen molar-refractivity contribution >= 4 is 22.4 Å². The molecule has 1 aliphatic rings. The van der Waals surface area contributed by atoms with Gasteiger partial charge in [-0.3, -0.25) is 15.0 Å². The lowest BCUT2D eigenvalue weighted by atomic mass is 10.1. The number of benzene rings is 1. The van der Waals surface area contributed by atoms with E-state index in [-0.39, 0.29) is 5.91 Å². The molecule has 5 nitrogen and oxygen atoms in total. The van der Waals surface area contributed by atoms with E-state index in [0.29, 0.717) is 16.5 Å². The highest BCUT2D eigenvalue weighted by Crippen LogP contribution is 2.25. The van der Waals surface area contributed by atoms with Crippen LogP contribution in [-0.2, 0) is 6.54 Å². The summed E-state index contributed by atoms with van der Waals surface area (Å²) in [5, 5.41) is 5.32. The summed E-state index contributed by atoms with van der Waals surface area (Å²) in [5.74, 6) is 0.563. The molecule has 4 rings (SSSR count). The molecule has 3 heterocycles. The van der Waals surface area contributed by atoms with Crippen LogP contribution in [0.5, 0.6) is 0 Å². The van der Waals surface area contributed by atoms with Crippen molar-refractivity contribution in [3.63, 3.8) is 0 Å². The van der Waals surface area contributed by atoms with E-state index in [2.05, 4.69) is 21.3 Å². The predicted molar refractivity (Wildman–Crippen MR) is 98.7 cm³/mol. The van der Waals surface area contributed by atoms with Crippen LogP contribution < -0.4 is 5.32 Å². The van der Waals surface area contributed by atoms with Gasteiger partial charge in [0.1, 0.15) is 5.69 Å². The van der Waals surface area contributed by atoms with Gasteiger partial charge in [0, 0.05) is 17.5 Å². The third kappa shape index (κ3) is 3.81. The van der Waals surface area contributed by atoms with Gasteiger partial charge in [-0.1, -0.05) is 12.1 Å². The number of rotatable bonds is 5. The maximum atomic E-state index is 12.5. The summed E-state index contributed by atoms with van der Waals surface area (Å²) in [4.78, 5) is 19.4. The summed E-state index contributed by atoms with van der Waals surface area (Å²) in [5.41, 5.74) is 2.56. The Labute approximate surface area is 150 Å². The SMILES string of the molecule is O=C(Nc1nc(-c2ccco2)cs1)c1cccc(CN2CCCC2)c1. The van der Waals surface area contributed by atoms with Gasteiger partial charge in [0.15, 0.2) is 10.9 Å². The van der Waals surface area contributed by atoms with Gasteiger partial charge in [0.05, 0.1) is 6.26 Å². The molecule has 1 N–H and O–H groups in total. The first-order valence-corrected chi connectivity index (χ1v) is 9.28. The molecule has 0 unspecified atom stereocenters. The van der Waals surface area contributed by atoms with E-state index in [0.717, 1.165) is 25.3 Å². The Morgan fingerprint density at radius 3 is 2.92 bits per heavy atom. The van der Waals surface area contributed by atoms with Gasteiger partial charge in [-0.15, -0.1) is 11.3 Å². The molecule has 128 valence electrons. The largest absolute Gasteiger partial charge is 0.463 e. The van der Waals surface area contributed by atoms with E-state index in [1.807, 2.05) is 35.7 Å². The number of hydrogen-bond acceptors (Lipinski definition) is 5. The minimum Gasteiger partial charge on any atom is -0.463 e. The number of anilines is 1. The van der Waals surface area contributed by atoms with Gasteiger partial charge < -0.3 is 4.42 Å². The molecule has 1 aromatic carbocycles.